The van der Waals surface area contributed by atoms with Crippen molar-refractivity contribution in [2.75, 3.05) is 13.1 Å². The molecule has 1 amide bonds. The van der Waals surface area contributed by atoms with Gasteiger partial charge in [-0.3, -0.25) is 14.4 Å². The van der Waals surface area contributed by atoms with Gasteiger partial charge in [0.05, 0.1) is 24.2 Å². The molecular formula is C36H34F6N6O3. The van der Waals surface area contributed by atoms with Gasteiger partial charge in [-0.2, -0.15) is 8.78 Å². The molecular weight excluding hydrogens is 678 g/mol. The van der Waals surface area contributed by atoms with E-state index in [-0.39, 0.29) is 29.9 Å². The van der Waals surface area contributed by atoms with Gasteiger partial charge in [-0.25, -0.2) is 37.5 Å². The maximum atomic E-state index is 14.2. The van der Waals surface area contributed by atoms with Gasteiger partial charge < -0.3 is 11.1 Å². The molecule has 15 heteroatoms. The van der Waals surface area contributed by atoms with E-state index in [2.05, 4.69) is 19.9 Å². The highest BCUT2D eigenvalue weighted by Gasteiger charge is 2.43. The maximum Gasteiger partial charge on any atom is 0.315 e. The lowest BCUT2D eigenvalue weighted by atomic mass is 9.62. The highest BCUT2D eigenvalue weighted by atomic mass is 19.3. The molecule has 2 saturated carbocycles. The molecule has 2 fully saturated rings. The molecule has 0 radical (unpaired) electrons. The summed E-state index contributed by atoms with van der Waals surface area (Å²) in [7, 11) is 0. The van der Waals surface area contributed by atoms with E-state index in [9.17, 15) is 40.7 Å². The van der Waals surface area contributed by atoms with Gasteiger partial charge in [0.2, 0.25) is 0 Å². The highest BCUT2D eigenvalue weighted by Crippen LogP contribution is 2.48. The van der Waals surface area contributed by atoms with Crippen molar-refractivity contribution >= 4 is 17.5 Å². The zero-order chi connectivity index (χ0) is 36.8. The number of hydrogen-bond donors (Lipinski definition) is 2. The first-order valence-corrected chi connectivity index (χ1v) is 16.2. The van der Waals surface area contributed by atoms with Gasteiger partial charge in [0.25, 0.3) is 5.91 Å². The SMILES string of the molecule is NCC(=O)c1cnc(CC2(c3cccc(F)c3F)CCC2)nc1.O=C(CNC(=O)C(F)F)c1cnc(CC2(c3cccc(F)c3F)CCC2)nc1. The number of nitrogens with zero attached hydrogens (tertiary/aromatic N) is 4. The third kappa shape index (κ3) is 8.30. The topological polar surface area (TPSA) is 141 Å². The summed E-state index contributed by atoms with van der Waals surface area (Å²) >= 11 is 0. The van der Waals surface area contributed by atoms with Crippen molar-refractivity contribution in [1.29, 1.82) is 0 Å². The van der Waals surface area contributed by atoms with Crippen LogP contribution in [-0.2, 0) is 28.5 Å². The molecule has 0 unspecified atom stereocenters. The minimum Gasteiger partial charge on any atom is -0.344 e. The van der Waals surface area contributed by atoms with E-state index in [0.717, 1.165) is 37.8 Å². The molecule has 0 aliphatic heterocycles. The van der Waals surface area contributed by atoms with Crippen LogP contribution >= 0.6 is 0 Å². The average molecular weight is 713 g/mol. The molecule has 0 atom stereocenters. The second-order valence-electron chi connectivity index (χ2n) is 12.7. The fourth-order valence-electron chi connectivity index (χ4n) is 6.37. The maximum absolute atomic E-state index is 14.2. The number of alkyl halides is 2. The van der Waals surface area contributed by atoms with Crippen LogP contribution in [0.2, 0.25) is 0 Å². The van der Waals surface area contributed by atoms with E-state index >= 15 is 0 Å². The largest absolute Gasteiger partial charge is 0.344 e. The van der Waals surface area contributed by atoms with E-state index in [4.69, 9.17) is 5.73 Å². The van der Waals surface area contributed by atoms with Crippen LogP contribution in [0.15, 0.2) is 61.2 Å². The van der Waals surface area contributed by atoms with Crippen molar-refractivity contribution in [3.05, 3.63) is 118 Å². The normalized spacial score (nSPS) is 15.5. The zero-order valence-corrected chi connectivity index (χ0v) is 27.3. The van der Waals surface area contributed by atoms with E-state index in [1.165, 1.54) is 36.9 Å². The Labute approximate surface area is 289 Å². The van der Waals surface area contributed by atoms with Crippen LogP contribution < -0.4 is 11.1 Å². The Bertz CT molecular complexity index is 1880. The van der Waals surface area contributed by atoms with Gasteiger partial charge in [-0.15, -0.1) is 0 Å². The van der Waals surface area contributed by atoms with E-state index in [1.807, 2.05) is 5.32 Å². The van der Waals surface area contributed by atoms with Crippen LogP contribution in [0.4, 0.5) is 26.3 Å². The van der Waals surface area contributed by atoms with Crippen molar-refractivity contribution < 1.29 is 40.7 Å². The zero-order valence-electron chi connectivity index (χ0n) is 27.3. The molecule has 2 aliphatic rings. The molecule has 51 heavy (non-hydrogen) atoms. The van der Waals surface area contributed by atoms with Crippen molar-refractivity contribution in [3.8, 4) is 0 Å². The monoisotopic (exact) mass is 712 g/mol. The number of rotatable bonds is 12. The molecule has 4 aromatic rings. The molecule has 0 bridgehead atoms. The highest BCUT2D eigenvalue weighted by molar-refractivity contribution is 5.99. The number of aromatic nitrogens is 4. The fraction of sp³-hybridized carbons (Fsp3) is 0.361. The molecule has 9 nitrogen and oxygen atoms in total. The Morgan fingerprint density at radius 3 is 1.45 bits per heavy atom. The number of Topliss-reactive ketones (excluding diaryl/α,β-unsaturated/α-hetero) is 2. The summed E-state index contributed by atoms with van der Waals surface area (Å²) in [5, 5.41) is 1.81. The number of ketones is 2. The summed E-state index contributed by atoms with van der Waals surface area (Å²) in [6.07, 6.45) is 7.52. The molecule has 3 N–H and O–H groups in total. The molecule has 2 aromatic carbocycles. The first-order chi connectivity index (χ1) is 24.4. The van der Waals surface area contributed by atoms with Gasteiger partial charge in [0.15, 0.2) is 34.8 Å². The predicted molar refractivity (Wildman–Crippen MR) is 172 cm³/mol. The van der Waals surface area contributed by atoms with E-state index in [1.54, 1.807) is 12.1 Å². The summed E-state index contributed by atoms with van der Waals surface area (Å²) in [6.45, 7) is -0.689. The summed E-state index contributed by atoms with van der Waals surface area (Å²) in [5.74, 6) is -4.91. The van der Waals surface area contributed by atoms with Crippen LogP contribution in [0.1, 0.15) is 82.0 Å². The average Bonchev–Trinajstić information content (AvgIpc) is 3.10. The number of hydrogen-bond acceptors (Lipinski definition) is 8. The summed E-state index contributed by atoms with van der Waals surface area (Å²) < 4.78 is 79.8. The number of amides is 1. The third-order valence-electron chi connectivity index (χ3n) is 9.52. The molecule has 0 spiro atoms. The standard InChI is InChI=1S/C19H17F4N3O2.C17H17F2N3O/c20-13-4-1-3-12(16(13)21)19(5-2-6-19)7-15-24-8-11(9-25-15)14(27)10-26-18(28)17(22)23;18-13-4-1-3-12(16(13)19)17(5-2-6-17)7-15-21-9-11(10-22-15)14(23)8-20/h1,3-4,8-9,17H,2,5-7,10H2,(H,26,28);1,3-4,9-10H,2,5-8,20H2. The van der Waals surface area contributed by atoms with Crippen molar-refractivity contribution in [1.82, 2.24) is 25.3 Å². The summed E-state index contributed by atoms with van der Waals surface area (Å²) in [5.41, 5.74) is 5.32. The minimum atomic E-state index is -3.20. The van der Waals surface area contributed by atoms with Crippen molar-refractivity contribution in [3.63, 3.8) is 0 Å². The predicted octanol–water partition coefficient (Wildman–Crippen LogP) is 5.54. The third-order valence-corrected chi connectivity index (χ3v) is 9.52. The lowest BCUT2D eigenvalue weighted by Gasteiger charge is -2.42. The van der Waals surface area contributed by atoms with Crippen LogP contribution in [0.5, 0.6) is 0 Å². The van der Waals surface area contributed by atoms with Crippen molar-refractivity contribution in [2.24, 2.45) is 5.73 Å². The number of carbonyl (C=O) groups excluding carboxylic acids is 3. The molecule has 6 rings (SSSR count). The molecule has 0 saturated heterocycles. The van der Waals surface area contributed by atoms with Crippen LogP contribution in [-0.4, -0.2) is 56.9 Å². The first-order valence-electron chi connectivity index (χ1n) is 16.2. The van der Waals surface area contributed by atoms with Crippen LogP contribution in [0, 0.1) is 23.3 Å². The van der Waals surface area contributed by atoms with E-state index in [0.29, 0.717) is 42.0 Å². The number of nitrogens with one attached hydrogen (secondary N) is 1. The van der Waals surface area contributed by atoms with Crippen LogP contribution in [0.3, 0.4) is 0 Å². The fourth-order valence-corrected chi connectivity index (χ4v) is 6.37. The number of carbonyl (C=O) groups is 3. The quantitative estimate of drug-likeness (QED) is 0.144. The second kappa shape index (κ2) is 15.9. The first kappa shape index (κ1) is 37.2. The number of nitrogens with two attached hydrogens (primary N) is 1. The van der Waals surface area contributed by atoms with Gasteiger partial charge in [-0.05, 0) is 48.9 Å². The van der Waals surface area contributed by atoms with Crippen LogP contribution in [0.25, 0.3) is 0 Å². The Morgan fingerprint density at radius 2 is 1.10 bits per heavy atom. The molecule has 268 valence electrons. The lowest BCUT2D eigenvalue weighted by Crippen LogP contribution is -2.38. The number of benzene rings is 2. The Hall–Kier alpha value is -5.05. The lowest BCUT2D eigenvalue weighted by molar-refractivity contribution is -0.131. The molecule has 2 aromatic heterocycles. The minimum absolute atomic E-state index is 0.0536. The summed E-state index contributed by atoms with van der Waals surface area (Å²) in [6, 6.07) is 8.36. The summed E-state index contributed by atoms with van der Waals surface area (Å²) in [4.78, 5) is 50.8. The Morgan fingerprint density at radius 1 is 0.686 bits per heavy atom. The molecule has 2 aliphatic carbocycles. The Kier molecular flexibility index (Phi) is 11.6. The van der Waals surface area contributed by atoms with Gasteiger partial charge in [0, 0.05) is 48.5 Å². The number of halogens is 6. The molecule has 2 heterocycles. The second-order valence-corrected chi connectivity index (χ2v) is 12.7. The smallest absolute Gasteiger partial charge is 0.315 e. The van der Waals surface area contributed by atoms with Gasteiger partial charge in [0.1, 0.15) is 11.6 Å². The Balaban J connectivity index is 0.000000201. The van der Waals surface area contributed by atoms with Crippen molar-refractivity contribution in [2.45, 2.75) is 68.6 Å². The van der Waals surface area contributed by atoms with E-state index < -0.39 is 58.8 Å². The van der Waals surface area contributed by atoms with Gasteiger partial charge >= 0.3 is 6.43 Å². The van der Waals surface area contributed by atoms with Gasteiger partial charge in [-0.1, -0.05) is 37.1 Å².